The molecule has 1 saturated heterocycles. The van der Waals surface area contributed by atoms with Gasteiger partial charge in [-0.2, -0.15) is 0 Å². The van der Waals surface area contributed by atoms with Crippen molar-refractivity contribution >= 4 is 27.7 Å². The molecule has 18 heavy (non-hydrogen) atoms. The molecule has 3 rings (SSSR count). The van der Waals surface area contributed by atoms with Gasteiger partial charge >= 0.3 is 5.97 Å². The number of hydrogen-bond donors (Lipinski definition) is 1. The molecule has 1 N–H and O–H groups in total. The fourth-order valence-electron chi connectivity index (χ4n) is 2.30. The molecule has 1 atom stereocenters. The van der Waals surface area contributed by atoms with E-state index in [-0.39, 0.29) is 11.7 Å². The number of carbonyl (C=O) groups is 1. The van der Waals surface area contributed by atoms with Crippen LogP contribution in [-0.4, -0.2) is 27.7 Å². The first-order valence-electron chi connectivity index (χ1n) is 5.77. The largest absolute Gasteiger partial charge is 0.478 e. The van der Waals surface area contributed by atoms with Crippen LogP contribution in [0.5, 0.6) is 0 Å². The molecule has 0 spiro atoms. The standard InChI is InChI=1S/C12H12N2O3S/c1-6-14-10-9(8-3-2-4-17-8)7(12(15)16)5-13-11(10)18-6/h5,8H,2-4H2,1H3,(H,15,16). The van der Waals surface area contributed by atoms with Crippen LogP contribution < -0.4 is 0 Å². The minimum absolute atomic E-state index is 0.164. The van der Waals surface area contributed by atoms with Gasteiger partial charge in [0.15, 0.2) is 0 Å². The van der Waals surface area contributed by atoms with Crippen LogP contribution in [-0.2, 0) is 4.74 Å². The maximum atomic E-state index is 11.3. The molecule has 2 aromatic heterocycles. The lowest BCUT2D eigenvalue weighted by molar-refractivity contribution is 0.0682. The smallest absolute Gasteiger partial charge is 0.337 e. The third-order valence-electron chi connectivity index (χ3n) is 3.05. The van der Waals surface area contributed by atoms with E-state index in [0.29, 0.717) is 17.7 Å². The summed E-state index contributed by atoms with van der Waals surface area (Å²) in [6.07, 6.45) is 3.05. The molecule has 5 nitrogen and oxygen atoms in total. The highest BCUT2D eigenvalue weighted by molar-refractivity contribution is 7.18. The van der Waals surface area contributed by atoms with Crippen LogP contribution in [0.2, 0.25) is 0 Å². The SMILES string of the molecule is Cc1nc2c(C3CCCO3)c(C(=O)O)cnc2s1. The Kier molecular flexibility index (Phi) is 2.76. The second-order valence-corrected chi connectivity index (χ2v) is 5.46. The first kappa shape index (κ1) is 11.6. The van der Waals surface area contributed by atoms with Crippen molar-refractivity contribution in [3.05, 3.63) is 22.3 Å². The molecule has 6 heteroatoms. The van der Waals surface area contributed by atoms with E-state index in [4.69, 9.17) is 4.74 Å². The van der Waals surface area contributed by atoms with Gasteiger partial charge in [-0.15, -0.1) is 0 Å². The minimum Gasteiger partial charge on any atom is -0.478 e. The van der Waals surface area contributed by atoms with Crippen molar-refractivity contribution in [3.8, 4) is 0 Å². The molecular formula is C12H12N2O3S. The molecule has 1 aliphatic heterocycles. The summed E-state index contributed by atoms with van der Waals surface area (Å²) in [6.45, 7) is 2.57. The van der Waals surface area contributed by atoms with E-state index in [1.165, 1.54) is 17.5 Å². The summed E-state index contributed by atoms with van der Waals surface area (Å²) in [7, 11) is 0. The van der Waals surface area contributed by atoms with E-state index in [2.05, 4.69) is 9.97 Å². The molecule has 0 amide bonds. The normalized spacial score (nSPS) is 19.5. The molecule has 0 bridgehead atoms. The van der Waals surface area contributed by atoms with Crippen LogP contribution >= 0.6 is 11.3 Å². The number of aryl methyl sites for hydroxylation is 1. The zero-order valence-electron chi connectivity index (χ0n) is 9.84. The predicted molar refractivity (Wildman–Crippen MR) is 67.0 cm³/mol. The number of fused-ring (bicyclic) bond motifs is 1. The summed E-state index contributed by atoms with van der Waals surface area (Å²) in [5, 5.41) is 10.2. The molecule has 2 aromatic rings. The second-order valence-electron chi connectivity index (χ2n) is 4.28. The Labute approximate surface area is 107 Å². The van der Waals surface area contributed by atoms with Crippen molar-refractivity contribution in [2.75, 3.05) is 6.61 Å². The van der Waals surface area contributed by atoms with Gasteiger partial charge in [-0.05, 0) is 19.8 Å². The molecule has 1 fully saturated rings. The molecule has 0 aliphatic carbocycles. The summed E-state index contributed by atoms with van der Waals surface area (Å²) in [6, 6.07) is 0. The highest BCUT2D eigenvalue weighted by Crippen LogP contribution is 2.36. The molecule has 0 radical (unpaired) electrons. The number of carboxylic acid groups (broad SMARTS) is 1. The number of thiazole rings is 1. The topological polar surface area (TPSA) is 72.3 Å². The summed E-state index contributed by atoms with van der Waals surface area (Å²) < 4.78 is 5.62. The quantitative estimate of drug-likeness (QED) is 0.902. The summed E-state index contributed by atoms with van der Waals surface area (Å²) in [5.41, 5.74) is 1.58. The van der Waals surface area contributed by atoms with E-state index >= 15 is 0 Å². The lowest BCUT2D eigenvalue weighted by Gasteiger charge is -2.12. The predicted octanol–water partition coefficient (Wildman–Crippen LogP) is 2.55. The molecule has 1 aliphatic rings. The average Bonchev–Trinajstić information content (AvgIpc) is 2.93. The molecule has 94 valence electrons. The fraction of sp³-hybridized carbons (Fsp3) is 0.417. The highest BCUT2D eigenvalue weighted by Gasteiger charge is 2.27. The Bertz CT molecular complexity index is 617. The van der Waals surface area contributed by atoms with Crippen LogP contribution in [0.3, 0.4) is 0 Å². The van der Waals surface area contributed by atoms with E-state index < -0.39 is 5.97 Å². The zero-order valence-corrected chi connectivity index (χ0v) is 10.7. The van der Waals surface area contributed by atoms with Gasteiger partial charge in [-0.3, -0.25) is 0 Å². The van der Waals surface area contributed by atoms with Crippen LogP contribution in [0.1, 0.15) is 39.9 Å². The van der Waals surface area contributed by atoms with Crippen LogP contribution in [0.4, 0.5) is 0 Å². The van der Waals surface area contributed by atoms with Crippen molar-refractivity contribution in [1.29, 1.82) is 0 Å². The third kappa shape index (κ3) is 1.77. The summed E-state index contributed by atoms with van der Waals surface area (Å²) in [5.74, 6) is -0.972. The molecule has 0 aromatic carbocycles. The van der Waals surface area contributed by atoms with Gasteiger partial charge in [-0.1, -0.05) is 11.3 Å². The number of hydrogen-bond acceptors (Lipinski definition) is 5. The number of ether oxygens (including phenoxy) is 1. The molecule has 0 saturated carbocycles. The van der Waals surface area contributed by atoms with E-state index in [1.54, 1.807) is 0 Å². The average molecular weight is 264 g/mol. The first-order valence-corrected chi connectivity index (χ1v) is 6.59. The number of aromatic carboxylic acids is 1. The van der Waals surface area contributed by atoms with Gasteiger partial charge in [-0.25, -0.2) is 14.8 Å². The maximum Gasteiger partial charge on any atom is 0.337 e. The minimum atomic E-state index is -0.972. The van der Waals surface area contributed by atoms with Gasteiger partial charge < -0.3 is 9.84 Å². The van der Waals surface area contributed by atoms with Crippen molar-refractivity contribution in [1.82, 2.24) is 9.97 Å². The third-order valence-corrected chi connectivity index (χ3v) is 3.93. The molecular weight excluding hydrogens is 252 g/mol. The van der Waals surface area contributed by atoms with Gasteiger partial charge in [0.1, 0.15) is 10.3 Å². The van der Waals surface area contributed by atoms with E-state index in [9.17, 15) is 9.90 Å². The first-order chi connectivity index (χ1) is 8.66. The van der Waals surface area contributed by atoms with Gasteiger partial charge in [0, 0.05) is 18.4 Å². The Morgan fingerprint density at radius 2 is 2.44 bits per heavy atom. The van der Waals surface area contributed by atoms with E-state index in [0.717, 1.165) is 22.7 Å². The molecule has 3 heterocycles. The zero-order chi connectivity index (χ0) is 12.7. The Morgan fingerprint density at radius 3 is 3.11 bits per heavy atom. The van der Waals surface area contributed by atoms with Crippen LogP contribution in [0.15, 0.2) is 6.20 Å². The maximum absolute atomic E-state index is 11.3. The number of nitrogens with zero attached hydrogens (tertiary/aromatic N) is 2. The van der Waals surface area contributed by atoms with Crippen molar-refractivity contribution < 1.29 is 14.6 Å². The lowest BCUT2D eigenvalue weighted by Crippen LogP contribution is -2.08. The summed E-state index contributed by atoms with van der Waals surface area (Å²) >= 11 is 1.47. The number of rotatable bonds is 2. The van der Waals surface area contributed by atoms with Gasteiger partial charge in [0.25, 0.3) is 0 Å². The summed E-state index contributed by atoms with van der Waals surface area (Å²) in [4.78, 5) is 20.7. The molecule has 1 unspecified atom stereocenters. The lowest BCUT2D eigenvalue weighted by atomic mass is 10.0. The second kappa shape index (κ2) is 4.29. The van der Waals surface area contributed by atoms with Crippen molar-refractivity contribution in [3.63, 3.8) is 0 Å². The van der Waals surface area contributed by atoms with Crippen molar-refractivity contribution in [2.45, 2.75) is 25.9 Å². The van der Waals surface area contributed by atoms with Crippen LogP contribution in [0.25, 0.3) is 10.3 Å². The fourth-order valence-corrected chi connectivity index (χ4v) is 3.08. The number of pyridine rings is 1. The number of carboxylic acids is 1. The Balaban J connectivity index is 2.27. The Morgan fingerprint density at radius 1 is 1.61 bits per heavy atom. The number of aromatic nitrogens is 2. The van der Waals surface area contributed by atoms with Crippen LogP contribution in [0, 0.1) is 6.92 Å². The Hall–Kier alpha value is -1.53. The van der Waals surface area contributed by atoms with E-state index in [1.807, 2.05) is 6.92 Å². The monoisotopic (exact) mass is 264 g/mol. The van der Waals surface area contributed by atoms with Crippen molar-refractivity contribution in [2.24, 2.45) is 0 Å². The highest BCUT2D eigenvalue weighted by atomic mass is 32.1. The van der Waals surface area contributed by atoms with Gasteiger partial charge in [0.2, 0.25) is 0 Å². The van der Waals surface area contributed by atoms with Gasteiger partial charge in [0.05, 0.1) is 16.7 Å².